The monoisotopic (exact) mass is 198 g/mol. The summed E-state index contributed by atoms with van der Waals surface area (Å²) < 4.78 is 12.5. The van der Waals surface area contributed by atoms with Gasteiger partial charge in [-0.05, 0) is 24.6 Å². The number of rotatable bonds is 3. The number of hydrogen-bond acceptors (Lipinski definition) is 2. The SMILES string of the molecule is CC(O)(Cc1ccc(F)cc1)C(=O)O. The largest absolute Gasteiger partial charge is 0.479 e. The summed E-state index contributed by atoms with van der Waals surface area (Å²) in [6.07, 6.45) is -0.0391. The first-order chi connectivity index (χ1) is 6.42. The van der Waals surface area contributed by atoms with Gasteiger partial charge in [0.2, 0.25) is 0 Å². The van der Waals surface area contributed by atoms with E-state index in [4.69, 9.17) is 5.11 Å². The summed E-state index contributed by atoms with van der Waals surface area (Å²) in [6, 6.07) is 5.36. The maximum absolute atomic E-state index is 12.5. The van der Waals surface area contributed by atoms with Crippen molar-refractivity contribution >= 4 is 5.97 Å². The van der Waals surface area contributed by atoms with Crippen molar-refractivity contribution in [1.29, 1.82) is 0 Å². The van der Waals surface area contributed by atoms with Crippen molar-refractivity contribution in [3.63, 3.8) is 0 Å². The lowest BCUT2D eigenvalue weighted by molar-refractivity contribution is -0.156. The lowest BCUT2D eigenvalue weighted by Gasteiger charge is -2.17. The van der Waals surface area contributed by atoms with E-state index in [0.29, 0.717) is 5.56 Å². The first-order valence-electron chi connectivity index (χ1n) is 4.12. The van der Waals surface area contributed by atoms with Crippen LogP contribution in [0.2, 0.25) is 0 Å². The standard InChI is InChI=1S/C10H11FO3/c1-10(14,9(12)13)6-7-2-4-8(11)5-3-7/h2-5,14H,6H2,1H3,(H,12,13). The van der Waals surface area contributed by atoms with Gasteiger partial charge in [-0.3, -0.25) is 0 Å². The third kappa shape index (κ3) is 2.53. The van der Waals surface area contributed by atoms with Crippen molar-refractivity contribution in [1.82, 2.24) is 0 Å². The average Bonchev–Trinajstić information content (AvgIpc) is 2.08. The highest BCUT2D eigenvalue weighted by atomic mass is 19.1. The maximum atomic E-state index is 12.5. The molecule has 0 aliphatic heterocycles. The molecule has 0 spiro atoms. The Bertz CT molecular complexity index is 330. The Balaban J connectivity index is 2.79. The van der Waals surface area contributed by atoms with Crippen LogP contribution in [0.5, 0.6) is 0 Å². The Kier molecular flexibility index (Phi) is 2.86. The van der Waals surface area contributed by atoms with Crippen molar-refractivity contribution in [3.8, 4) is 0 Å². The van der Waals surface area contributed by atoms with Gasteiger partial charge in [0.25, 0.3) is 0 Å². The van der Waals surface area contributed by atoms with Crippen molar-refractivity contribution in [3.05, 3.63) is 35.6 Å². The van der Waals surface area contributed by atoms with Crippen LogP contribution < -0.4 is 0 Å². The summed E-state index contributed by atoms with van der Waals surface area (Å²) in [5, 5.41) is 18.1. The van der Waals surface area contributed by atoms with Crippen molar-refractivity contribution in [2.24, 2.45) is 0 Å². The van der Waals surface area contributed by atoms with E-state index in [9.17, 15) is 14.3 Å². The highest BCUT2D eigenvalue weighted by molar-refractivity contribution is 5.76. The van der Waals surface area contributed by atoms with E-state index in [0.717, 1.165) is 0 Å². The number of hydrogen-bond donors (Lipinski definition) is 2. The summed E-state index contributed by atoms with van der Waals surface area (Å²) in [6.45, 7) is 1.21. The minimum atomic E-state index is -1.81. The molecule has 76 valence electrons. The number of halogens is 1. The summed E-state index contributed by atoms with van der Waals surface area (Å²) in [7, 11) is 0. The lowest BCUT2D eigenvalue weighted by atomic mass is 9.97. The smallest absolute Gasteiger partial charge is 0.335 e. The van der Waals surface area contributed by atoms with Crippen LogP contribution >= 0.6 is 0 Å². The minimum Gasteiger partial charge on any atom is -0.479 e. The van der Waals surface area contributed by atoms with Gasteiger partial charge in [0.15, 0.2) is 5.60 Å². The molecule has 2 N–H and O–H groups in total. The second-order valence-electron chi connectivity index (χ2n) is 3.38. The second-order valence-corrected chi connectivity index (χ2v) is 3.38. The minimum absolute atomic E-state index is 0.0391. The molecule has 0 saturated carbocycles. The van der Waals surface area contributed by atoms with Crippen LogP contribution in [0.4, 0.5) is 4.39 Å². The van der Waals surface area contributed by atoms with Crippen LogP contribution in [0, 0.1) is 5.82 Å². The van der Waals surface area contributed by atoms with Crippen LogP contribution in [-0.2, 0) is 11.2 Å². The highest BCUT2D eigenvalue weighted by Crippen LogP contribution is 2.13. The molecular formula is C10H11FO3. The van der Waals surface area contributed by atoms with Crippen LogP contribution in [0.1, 0.15) is 12.5 Å². The Morgan fingerprint density at radius 1 is 1.43 bits per heavy atom. The third-order valence-corrected chi connectivity index (χ3v) is 1.92. The molecule has 4 heteroatoms. The van der Waals surface area contributed by atoms with Crippen molar-refractivity contribution < 1.29 is 19.4 Å². The zero-order chi connectivity index (χ0) is 10.8. The van der Waals surface area contributed by atoms with E-state index in [1.54, 1.807) is 0 Å². The molecule has 1 rings (SSSR count). The molecule has 1 aromatic rings. The molecule has 0 heterocycles. The molecule has 0 saturated heterocycles. The van der Waals surface area contributed by atoms with Gasteiger partial charge in [0, 0.05) is 6.42 Å². The van der Waals surface area contributed by atoms with E-state index in [1.807, 2.05) is 0 Å². The fourth-order valence-corrected chi connectivity index (χ4v) is 1.08. The quantitative estimate of drug-likeness (QED) is 0.767. The van der Waals surface area contributed by atoms with Gasteiger partial charge in [0.1, 0.15) is 5.82 Å². The molecule has 0 aliphatic rings. The summed E-state index contributed by atoms with van der Waals surface area (Å²) in [5.74, 6) is -1.68. The number of carboxylic acids is 1. The number of carbonyl (C=O) groups is 1. The predicted molar refractivity (Wildman–Crippen MR) is 48.4 cm³/mol. The molecular weight excluding hydrogens is 187 g/mol. The fraction of sp³-hybridized carbons (Fsp3) is 0.300. The normalized spacial score (nSPS) is 14.8. The molecule has 1 unspecified atom stereocenters. The summed E-state index contributed by atoms with van der Waals surface area (Å²) >= 11 is 0. The topological polar surface area (TPSA) is 57.5 Å². The second kappa shape index (κ2) is 3.75. The molecule has 1 atom stereocenters. The number of aliphatic hydroxyl groups is 1. The van der Waals surface area contributed by atoms with Gasteiger partial charge in [0.05, 0.1) is 0 Å². The van der Waals surface area contributed by atoms with Gasteiger partial charge in [-0.1, -0.05) is 12.1 Å². The van der Waals surface area contributed by atoms with Crippen molar-refractivity contribution in [2.75, 3.05) is 0 Å². The molecule has 0 fully saturated rings. The van der Waals surface area contributed by atoms with Gasteiger partial charge in [-0.2, -0.15) is 0 Å². The van der Waals surface area contributed by atoms with Crippen LogP contribution in [0.25, 0.3) is 0 Å². The summed E-state index contributed by atoms with van der Waals surface area (Å²) in [4.78, 5) is 10.6. The van der Waals surface area contributed by atoms with Crippen LogP contribution in [0.3, 0.4) is 0 Å². The lowest BCUT2D eigenvalue weighted by Crippen LogP contribution is -2.37. The number of aliphatic carboxylic acids is 1. The van der Waals surface area contributed by atoms with E-state index >= 15 is 0 Å². The zero-order valence-electron chi connectivity index (χ0n) is 7.70. The Morgan fingerprint density at radius 3 is 2.36 bits per heavy atom. The van der Waals surface area contributed by atoms with Gasteiger partial charge in [-0.15, -0.1) is 0 Å². The van der Waals surface area contributed by atoms with E-state index < -0.39 is 11.6 Å². The fourth-order valence-electron chi connectivity index (χ4n) is 1.08. The van der Waals surface area contributed by atoms with E-state index in [-0.39, 0.29) is 12.2 Å². The third-order valence-electron chi connectivity index (χ3n) is 1.92. The highest BCUT2D eigenvalue weighted by Gasteiger charge is 2.29. The van der Waals surface area contributed by atoms with Crippen molar-refractivity contribution in [2.45, 2.75) is 18.9 Å². The number of benzene rings is 1. The molecule has 0 aromatic heterocycles. The zero-order valence-corrected chi connectivity index (χ0v) is 7.70. The summed E-state index contributed by atoms with van der Waals surface area (Å²) in [5.41, 5.74) is -1.23. The van der Waals surface area contributed by atoms with Crippen LogP contribution in [-0.4, -0.2) is 21.8 Å². The molecule has 0 bridgehead atoms. The van der Waals surface area contributed by atoms with E-state index in [2.05, 4.69) is 0 Å². The first-order valence-corrected chi connectivity index (χ1v) is 4.12. The molecule has 0 radical (unpaired) electrons. The van der Waals surface area contributed by atoms with Crippen LogP contribution in [0.15, 0.2) is 24.3 Å². The Morgan fingerprint density at radius 2 is 1.93 bits per heavy atom. The molecule has 3 nitrogen and oxygen atoms in total. The first kappa shape index (κ1) is 10.7. The molecule has 0 aliphatic carbocycles. The Labute approximate surface area is 80.8 Å². The average molecular weight is 198 g/mol. The maximum Gasteiger partial charge on any atom is 0.335 e. The number of carboxylic acid groups (broad SMARTS) is 1. The van der Waals surface area contributed by atoms with Gasteiger partial charge in [-0.25, -0.2) is 9.18 Å². The predicted octanol–water partition coefficient (Wildman–Crippen LogP) is 1.20. The van der Waals surface area contributed by atoms with Gasteiger partial charge >= 0.3 is 5.97 Å². The molecule has 0 amide bonds. The van der Waals surface area contributed by atoms with E-state index in [1.165, 1.54) is 31.2 Å². The molecule has 1 aromatic carbocycles. The molecule has 14 heavy (non-hydrogen) atoms. The van der Waals surface area contributed by atoms with Gasteiger partial charge < -0.3 is 10.2 Å². The Hall–Kier alpha value is -1.42.